The van der Waals surface area contributed by atoms with Gasteiger partial charge in [0.15, 0.2) is 23.2 Å². The van der Waals surface area contributed by atoms with Gasteiger partial charge in [0.1, 0.15) is 5.57 Å². The van der Waals surface area contributed by atoms with E-state index in [9.17, 15) is 14.4 Å². The monoisotopic (exact) mass is 593 g/mol. The highest BCUT2D eigenvalue weighted by Crippen LogP contribution is 2.37. The number of carbonyl (C=O) groups is 3. The zero-order chi connectivity index (χ0) is 27.4. The van der Waals surface area contributed by atoms with E-state index in [0.29, 0.717) is 32.9 Å². The largest absolute Gasteiger partial charge is 0.493 e. The van der Waals surface area contributed by atoms with Crippen LogP contribution in [-0.2, 0) is 14.4 Å². The van der Waals surface area contributed by atoms with Crippen molar-refractivity contribution in [2.75, 3.05) is 23.9 Å². The summed E-state index contributed by atoms with van der Waals surface area (Å²) in [5.41, 5.74) is 3.70. The summed E-state index contributed by atoms with van der Waals surface area (Å²) in [6, 6.07) is 17.7. The summed E-state index contributed by atoms with van der Waals surface area (Å²) in [5, 5.41) is 5.41. The molecule has 0 saturated carbocycles. The Hall–Kier alpha value is -4.02. The van der Waals surface area contributed by atoms with Crippen LogP contribution in [0.1, 0.15) is 16.7 Å². The molecule has 0 spiro atoms. The van der Waals surface area contributed by atoms with Crippen LogP contribution in [0.2, 0.25) is 0 Å². The number of ether oxygens (including phenoxy) is 2. The molecule has 194 valence electrons. The molecule has 0 bridgehead atoms. The maximum absolute atomic E-state index is 13.2. The zero-order valence-corrected chi connectivity index (χ0v) is 23.2. The van der Waals surface area contributed by atoms with Crippen molar-refractivity contribution in [1.82, 2.24) is 5.32 Å². The lowest BCUT2D eigenvalue weighted by Gasteiger charge is -2.28. The van der Waals surface area contributed by atoms with Crippen LogP contribution >= 0.6 is 28.1 Å². The molecule has 10 heteroatoms. The number of nitrogens with zero attached hydrogens (tertiary/aromatic N) is 1. The van der Waals surface area contributed by atoms with E-state index in [1.54, 1.807) is 36.4 Å². The Morgan fingerprint density at radius 3 is 2.55 bits per heavy atom. The van der Waals surface area contributed by atoms with Gasteiger partial charge in [0.25, 0.3) is 17.7 Å². The zero-order valence-electron chi connectivity index (χ0n) is 20.8. The number of carbonyl (C=O) groups excluding carboxylic acids is 3. The van der Waals surface area contributed by atoms with E-state index in [2.05, 4.69) is 26.6 Å². The molecule has 0 atom stereocenters. The Morgan fingerprint density at radius 1 is 1.11 bits per heavy atom. The second-order valence-electron chi connectivity index (χ2n) is 8.41. The fourth-order valence-electron chi connectivity index (χ4n) is 3.81. The van der Waals surface area contributed by atoms with E-state index in [0.717, 1.165) is 11.1 Å². The minimum Gasteiger partial charge on any atom is -0.493 e. The van der Waals surface area contributed by atoms with Gasteiger partial charge in [0.2, 0.25) is 0 Å². The van der Waals surface area contributed by atoms with Gasteiger partial charge in [-0.3, -0.25) is 24.6 Å². The molecule has 8 nitrogen and oxygen atoms in total. The third-order valence-electron chi connectivity index (χ3n) is 5.91. The molecule has 0 radical (unpaired) electrons. The molecule has 3 aromatic rings. The van der Waals surface area contributed by atoms with E-state index in [1.165, 1.54) is 18.1 Å². The molecular formula is C28H24BrN3O5S. The number of benzene rings is 3. The first-order chi connectivity index (χ1) is 18.2. The molecule has 4 rings (SSSR count). The molecular weight excluding hydrogens is 570 g/mol. The summed E-state index contributed by atoms with van der Waals surface area (Å²) >= 11 is 8.68. The summed E-state index contributed by atoms with van der Waals surface area (Å²) < 4.78 is 11.7. The summed E-state index contributed by atoms with van der Waals surface area (Å²) in [5.74, 6) is -0.878. The molecule has 3 amide bonds. The van der Waals surface area contributed by atoms with Gasteiger partial charge in [0.05, 0.1) is 17.3 Å². The van der Waals surface area contributed by atoms with Crippen LogP contribution in [0.4, 0.5) is 11.4 Å². The number of thiocarbonyl (C=S) groups is 1. The van der Waals surface area contributed by atoms with Crippen molar-refractivity contribution in [2.45, 2.75) is 13.8 Å². The van der Waals surface area contributed by atoms with Crippen molar-refractivity contribution in [3.63, 3.8) is 0 Å². The average molecular weight is 594 g/mol. The maximum Gasteiger partial charge on any atom is 0.270 e. The summed E-state index contributed by atoms with van der Waals surface area (Å²) in [7, 11) is 1.45. The number of anilines is 2. The fourth-order valence-corrected chi connectivity index (χ4v) is 4.66. The molecule has 0 aromatic heterocycles. The molecule has 0 unspecified atom stereocenters. The highest BCUT2D eigenvalue weighted by atomic mass is 79.9. The highest BCUT2D eigenvalue weighted by molar-refractivity contribution is 9.10. The first-order valence-electron chi connectivity index (χ1n) is 11.5. The quantitative estimate of drug-likeness (QED) is 0.229. The second-order valence-corrected chi connectivity index (χ2v) is 9.65. The standard InChI is InChI=1S/C28H24BrN3O5S/c1-16-8-7-11-22(17(16)2)30-24(33)15-37-25-21(29)13-18(14-23(25)36-3)12-20-26(34)31-28(38)32(27(20)35)19-9-5-4-6-10-19/h4-14H,15H2,1-3H3,(H,30,33)(H,31,34,38)/b20-12-. The first-order valence-corrected chi connectivity index (χ1v) is 12.7. The van der Waals surface area contributed by atoms with Gasteiger partial charge in [-0.2, -0.15) is 0 Å². The van der Waals surface area contributed by atoms with E-state index in [-0.39, 0.29) is 23.2 Å². The summed E-state index contributed by atoms with van der Waals surface area (Å²) in [6.45, 7) is 3.65. The number of methoxy groups -OCH3 is 1. The van der Waals surface area contributed by atoms with Crippen molar-refractivity contribution >= 4 is 68.4 Å². The SMILES string of the molecule is COc1cc(/C=C2/C(=O)NC(=S)N(c3ccccc3)C2=O)cc(Br)c1OCC(=O)Nc1cccc(C)c1C. The van der Waals surface area contributed by atoms with E-state index in [1.807, 2.05) is 38.1 Å². The predicted octanol–water partition coefficient (Wildman–Crippen LogP) is 4.92. The Balaban J connectivity index is 1.55. The lowest BCUT2D eigenvalue weighted by Crippen LogP contribution is -2.54. The van der Waals surface area contributed by atoms with Gasteiger partial charge < -0.3 is 14.8 Å². The molecule has 1 saturated heterocycles. The fraction of sp³-hybridized carbons (Fsp3) is 0.143. The van der Waals surface area contributed by atoms with Crippen molar-refractivity contribution in [1.29, 1.82) is 0 Å². The van der Waals surface area contributed by atoms with Crippen molar-refractivity contribution in [3.05, 3.63) is 87.4 Å². The van der Waals surface area contributed by atoms with Gasteiger partial charge >= 0.3 is 0 Å². The third-order valence-corrected chi connectivity index (χ3v) is 6.78. The second kappa shape index (κ2) is 11.6. The number of hydrogen-bond acceptors (Lipinski definition) is 6. The van der Waals surface area contributed by atoms with Crippen molar-refractivity contribution < 1.29 is 23.9 Å². The Kier molecular flexibility index (Phi) is 8.23. The number of hydrogen-bond donors (Lipinski definition) is 2. The van der Waals surface area contributed by atoms with Gasteiger partial charge in [-0.1, -0.05) is 30.3 Å². The molecule has 0 aliphatic carbocycles. The minimum absolute atomic E-state index is 0.00462. The average Bonchev–Trinajstić information content (AvgIpc) is 2.89. The molecule has 1 heterocycles. The third kappa shape index (κ3) is 5.76. The number of rotatable bonds is 7. The first kappa shape index (κ1) is 27.0. The maximum atomic E-state index is 13.2. The van der Waals surface area contributed by atoms with Crippen LogP contribution in [0.15, 0.2) is 70.7 Å². The van der Waals surface area contributed by atoms with Gasteiger partial charge in [-0.15, -0.1) is 0 Å². The minimum atomic E-state index is -0.606. The molecule has 38 heavy (non-hydrogen) atoms. The number of halogens is 1. The van der Waals surface area contributed by atoms with Crippen molar-refractivity contribution in [3.8, 4) is 11.5 Å². The lowest BCUT2D eigenvalue weighted by molar-refractivity contribution is -0.122. The number of aryl methyl sites for hydroxylation is 1. The molecule has 1 fully saturated rings. The van der Waals surface area contributed by atoms with Crippen LogP contribution in [0.3, 0.4) is 0 Å². The highest BCUT2D eigenvalue weighted by Gasteiger charge is 2.34. The van der Waals surface area contributed by atoms with E-state index < -0.39 is 11.8 Å². The lowest BCUT2D eigenvalue weighted by atomic mass is 10.1. The summed E-state index contributed by atoms with van der Waals surface area (Å²) in [4.78, 5) is 39.7. The van der Waals surface area contributed by atoms with Crippen LogP contribution in [0, 0.1) is 13.8 Å². The van der Waals surface area contributed by atoms with Crippen LogP contribution in [0.5, 0.6) is 11.5 Å². The molecule has 3 aromatic carbocycles. The Bertz CT molecular complexity index is 1470. The topological polar surface area (TPSA) is 97.0 Å². The number of nitrogens with one attached hydrogen (secondary N) is 2. The molecule has 1 aliphatic rings. The van der Waals surface area contributed by atoms with Crippen LogP contribution < -0.4 is 25.0 Å². The number of amides is 3. The normalized spacial score (nSPS) is 14.4. The van der Waals surface area contributed by atoms with Crippen LogP contribution in [0.25, 0.3) is 6.08 Å². The Morgan fingerprint density at radius 2 is 1.84 bits per heavy atom. The molecule has 2 N–H and O–H groups in total. The van der Waals surface area contributed by atoms with Gasteiger partial charge in [-0.05, 0) is 95.1 Å². The Labute approximate surface area is 233 Å². The van der Waals surface area contributed by atoms with E-state index >= 15 is 0 Å². The summed E-state index contributed by atoms with van der Waals surface area (Å²) in [6.07, 6.45) is 1.44. The predicted molar refractivity (Wildman–Crippen MR) is 153 cm³/mol. The van der Waals surface area contributed by atoms with E-state index in [4.69, 9.17) is 21.7 Å². The van der Waals surface area contributed by atoms with Crippen molar-refractivity contribution in [2.24, 2.45) is 0 Å². The smallest absolute Gasteiger partial charge is 0.270 e. The molecule has 1 aliphatic heterocycles. The van der Waals surface area contributed by atoms with Crippen LogP contribution in [-0.4, -0.2) is 36.6 Å². The van der Waals surface area contributed by atoms with Gasteiger partial charge in [0, 0.05) is 5.69 Å². The van der Waals surface area contributed by atoms with Gasteiger partial charge in [-0.25, -0.2) is 0 Å². The number of para-hydroxylation sites is 1.